The van der Waals surface area contributed by atoms with Gasteiger partial charge in [-0.05, 0) is 42.9 Å². The van der Waals surface area contributed by atoms with Crippen molar-refractivity contribution in [2.75, 3.05) is 0 Å². The van der Waals surface area contributed by atoms with Crippen LogP contribution in [0.4, 0.5) is 4.39 Å². The Balaban J connectivity index is 2.35. The van der Waals surface area contributed by atoms with Crippen molar-refractivity contribution in [2.24, 2.45) is 5.92 Å². The van der Waals surface area contributed by atoms with Crippen LogP contribution in [0.2, 0.25) is 0 Å². The van der Waals surface area contributed by atoms with Crippen molar-refractivity contribution in [2.45, 2.75) is 26.2 Å². The number of nitrogens with zero attached hydrogens (tertiary/aromatic N) is 1. The smallest absolute Gasteiger partial charge is 0.220 e. The van der Waals surface area contributed by atoms with Crippen molar-refractivity contribution >= 4 is 5.57 Å². The molecule has 1 aliphatic carbocycles. The molecule has 1 heterocycles. The summed E-state index contributed by atoms with van der Waals surface area (Å²) in [5.74, 6) is 0.228. The maximum Gasteiger partial charge on any atom is 0.220 e. The van der Waals surface area contributed by atoms with Crippen molar-refractivity contribution in [3.8, 4) is 0 Å². The highest BCUT2D eigenvalue weighted by atomic mass is 19.1. The molecule has 1 aliphatic rings. The second-order valence-electron chi connectivity index (χ2n) is 3.90. The predicted molar refractivity (Wildman–Crippen MR) is 55.2 cm³/mol. The zero-order chi connectivity index (χ0) is 9.97. The van der Waals surface area contributed by atoms with Gasteiger partial charge >= 0.3 is 0 Å². The van der Waals surface area contributed by atoms with Crippen molar-refractivity contribution in [3.05, 3.63) is 35.9 Å². The molecular formula is C12H14FN. The Morgan fingerprint density at radius 1 is 1.50 bits per heavy atom. The Hall–Kier alpha value is -1.18. The average molecular weight is 191 g/mol. The van der Waals surface area contributed by atoms with Gasteiger partial charge < -0.3 is 0 Å². The molecule has 0 unspecified atom stereocenters. The third-order valence-corrected chi connectivity index (χ3v) is 2.70. The van der Waals surface area contributed by atoms with Crippen LogP contribution >= 0.6 is 0 Å². The third-order valence-electron chi connectivity index (χ3n) is 2.70. The molecule has 0 radical (unpaired) electrons. The van der Waals surface area contributed by atoms with Gasteiger partial charge in [0.2, 0.25) is 5.95 Å². The number of aromatic nitrogens is 1. The zero-order valence-electron chi connectivity index (χ0n) is 8.33. The summed E-state index contributed by atoms with van der Waals surface area (Å²) in [6, 6.07) is 3.60. The van der Waals surface area contributed by atoms with Gasteiger partial charge in [-0.25, -0.2) is 4.98 Å². The van der Waals surface area contributed by atoms with Gasteiger partial charge in [0.15, 0.2) is 0 Å². The van der Waals surface area contributed by atoms with Crippen molar-refractivity contribution < 1.29 is 4.39 Å². The Bertz CT molecular complexity index is 357. The fourth-order valence-electron chi connectivity index (χ4n) is 1.97. The van der Waals surface area contributed by atoms with Crippen LogP contribution in [0.1, 0.15) is 31.7 Å². The van der Waals surface area contributed by atoms with Gasteiger partial charge in [0, 0.05) is 11.8 Å². The molecule has 1 nitrogen and oxygen atoms in total. The quantitative estimate of drug-likeness (QED) is 0.620. The summed E-state index contributed by atoms with van der Waals surface area (Å²) in [5.41, 5.74) is 1.80. The van der Waals surface area contributed by atoms with E-state index < -0.39 is 0 Å². The van der Waals surface area contributed by atoms with E-state index >= 15 is 0 Å². The molecule has 0 aliphatic heterocycles. The molecule has 2 rings (SSSR count). The van der Waals surface area contributed by atoms with Crippen LogP contribution in [0.25, 0.3) is 5.57 Å². The van der Waals surface area contributed by atoms with Gasteiger partial charge in [0.05, 0.1) is 0 Å². The molecule has 0 saturated carbocycles. The first kappa shape index (κ1) is 9.38. The van der Waals surface area contributed by atoms with Gasteiger partial charge in [0.25, 0.3) is 0 Å². The van der Waals surface area contributed by atoms with Gasteiger partial charge in [-0.15, -0.1) is 0 Å². The van der Waals surface area contributed by atoms with E-state index in [1.54, 1.807) is 6.07 Å². The molecule has 0 amide bonds. The molecule has 0 N–H and O–H groups in total. The second kappa shape index (κ2) is 3.91. The van der Waals surface area contributed by atoms with Crippen molar-refractivity contribution in [1.29, 1.82) is 0 Å². The lowest BCUT2D eigenvalue weighted by Gasteiger charge is -2.17. The Morgan fingerprint density at radius 2 is 2.36 bits per heavy atom. The Kier molecular flexibility index (Phi) is 2.62. The molecule has 2 heteroatoms. The predicted octanol–water partition coefficient (Wildman–Crippen LogP) is 3.42. The van der Waals surface area contributed by atoms with Crippen molar-refractivity contribution in [1.82, 2.24) is 4.98 Å². The molecule has 0 bridgehead atoms. The first-order valence-corrected chi connectivity index (χ1v) is 5.09. The lowest BCUT2D eigenvalue weighted by molar-refractivity contribution is 0.567. The summed E-state index contributed by atoms with van der Waals surface area (Å²) >= 11 is 0. The van der Waals surface area contributed by atoms with Crippen LogP contribution in [0.5, 0.6) is 0 Å². The van der Waals surface area contributed by atoms with Crippen LogP contribution in [0.15, 0.2) is 24.4 Å². The topological polar surface area (TPSA) is 12.9 Å². The Labute approximate surface area is 83.7 Å². The largest absolute Gasteiger partial charge is 0.228 e. The SMILES string of the molecule is C[C@H]1C=C(c2cccnc2F)CCC1. The van der Waals surface area contributed by atoms with Gasteiger partial charge in [-0.3, -0.25) is 0 Å². The number of pyridine rings is 1. The molecule has 74 valence electrons. The molecule has 1 atom stereocenters. The van der Waals surface area contributed by atoms with E-state index in [4.69, 9.17) is 0 Å². The molecule has 0 fully saturated rings. The van der Waals surface area contributed by atoms with E-state index in [-0.39, 0.29) is 5.95 Å². The molecule has 0 spiro atoms. The minimum atomic E-state index is -0.340. The zero-order valence-corrected chi connectivity index (χ0v) is 8.33. The molecule has 1 aromatic rings. The highest BCUT2D eigenvalue weighted by Gasteiger charge is 2.14. The standard InChI is InChI=1S/C12H14FN/c1-9-4-2-5-10(8-9)11-6-3-7-14-12(11)13/h3,6-9H,2,4-5H2,1H3/t9-/m1/s1. The summed E-state index contributed by atoms with van der Waals surface area (Å²) in [6.07, 6.45) is 7.01. The van der Waals surface area contributed by atoms with E-state index in [0.29, 0.717) is 11.5 Å². The Morgan fingerprint density at radius 3 is 3.07 bits per heavy atom. The first-order chi connectivity index (χ1) is 6.77. The number of halogens is 1. The molecule has 1 aromatic heterocycles. The third kappa shape index (κ3) is 1.84. The van der Waals surface area contributed by atoms with Gasteiger partial charge in [-0.2, -0.15) is 4.39 Å². The number of hydrogen-bond donors (Lipinski definition) is 0. The van der Waals surface area contributed by atoms with Crippen LogP contribution in [0, 0.1) is 11.9 Å². The summed E-state index contributed by atoms with van der Waals surface area (Å²) in [7, 11) is 0. The fraction of sp³-hybridized carbons (Fsp3) is 0.417. The van der Waals surface area contributed by atoms with E-state index in [9.17, 15) is 4.39 Å². The molecule has 0 saturated heterocycles. The summed E-state index contributed by atoms with van der Waals surface area (Å²) in [6.45, 7) is 2.17. The summed E-state index contributed by atoms with van der Waals surface area (Å²) < 4.78 is 13.3. The van der Waals surface area contributed by atoms with E-state index in [1.165, 1.54) is 12.6 Å². The summed E-state index contributed by atoms with van der Waals surface area (Å²) in [4.78, 5) is 3.67. The van der Waals surface area contributed by atoms with Crippen LogP contribution < -0.4 is 0 Å². The minimum absolute atomic E-state index is 0.340. The number of hydrogen-bond acceptors (Lipinski definition) is 1. The van der Waals surface area contributed by atoms with E-state index in [0.717, 1.165) is 18.4 Å². The van der Waals surface area contributed by atoms with Crippen LogP contribution in [-0.4, -0.2) is 4.98 Å². The van der Waals surface area contributed by atoms with E-state index in [1.807, 2.05) is 6.07 Å². The second-order valence-corrected chi connectivity index (χ2v) is 3.90. The fourth-order valence-corrected chi connectivity index (χ4v) is 1.97. The van der Waals surface area contributed by atoms with Gasteiger partial charge in [0.1, 0.15) is 0 Å². The minimum Gasteiger partial charge on any atom is -0.228 e. The number of rotatable bonds is 1. The van der Waals surface area contributed by atoms with Crippen LogP contribution in [-0.2, 0) is 0 Å². The maximum atomic E-state index is 13.3. The molecule has 14 heavy (non-hydrogen) atoms. The van der Waals surface area contributed by atoms with Crippen molar-refractivity contribution in [3.63, 3.8) is 0 Å². The lowest BCUT2D eigenvalue weighted by Crippen LogP contribution is -2.02. The number of allylic oxidation sites excluding steroid dienone is 2. The normalized spacial score (nSPS) is 21.9. The first-order valence-electron chi connectivity index (χ1n) is 5.09. The van der Waals surface area contributed by atoms with Crippen LogP contribution in [0.3, 0.4) is 0 Å². The average Bonchev–Trinajstić information content (AvgIpc) is 2.18. The monoisotopic (exact) mass is 191 g/mol. The molecular weight excluding hydrogens is 177 g/mol. The molecule has 0 aromatic carbocycles. The maximum absolute atomic E-state index is 13.3. The highest BCUT2D eigenvalue weighted by molar-refractivity contribution is 5.66. The van der Waals surface area contributed by atoms with E-state index in [2.05, 4.69) is 18.0 Å². The summed E-state index contributed by atoms with van der Waals surface area (Å²) in [5, 5.41) is 0. The lowest BCUT2D eigenvalue weighted by atomic mass is 9.89. The highest BCUT2D eigenvalue weighted by Crippen LogP contribution is 2.30. The van der Waals surface area contributed by atoms with Gasteiger partial charge in [-0.1, -0.05) is 13.0 Å².